The minimum absolute atomic E-state index is 0.178. The Morgan fingerprint density at radius 1 is 1.24 bits per heavy atom. The van der Waals surface area contributed by atoms with Gasteiger partial charge in [0.25, 0.3) is 0 Å². The molecule has 1 aliphatic heterocycles. The Kier molecular flexibility index (Phi) is 3.59. The van der Waals surface area contributed by atoms with Crippen LogP contribution in [0.3, 0.4) is 0 Å². The molecular formula is C16H21N3O2. The van der Waals surface area contributed by atoms with E-state index in [1.165, 1.54) is 16.8 Å². The predicted molar refractivity (Wildman–Crippen MR) is 80.8 cm³/mol. The van der Waals surface area contributed by atoms with Crippen LogP contribution in [0, 0.1) is 20.8 Å². The van der Waals surface area contributed by atoms with Crippen LogP contribution in [-0.4, -0.2) is 23.6 Å². The Balaban J connectivity index is 1.86. The highest BCUT2D eigenvalue weighted by molar-refractivity contribution is 5.45. The second kappa shape index (κ2) is 5.41. The summed E-state index contributed by atoms with van der Waals surface area (Å²) in [6.45, 7) is 7.37. The van der Waals surface area contributed by atoms with Gasteiger partial charge in [-0.3, -0.25) is 4.68 Å². The van der Waals surface area contributed by atoms with Crippen LogP contribution in [0.25, 0.3) is 0 Å². The van der Waals surface area contributed by atoms with Crippen molar-refractivity contribution in [3.63, 3.8) is 0 Å². The number of rotatable bonds is 4. The van der Waals surface area contributed by atoms with Crippen LogP contribution in [0.4, 0.5) is 0 Å². The number of likely N-dealkylation sites (N-methyl/N-ethyl adjacent to an activating group) is 1. The highest BCUT2D eigenvalue weighted by atomic mass is 16.7. The molecule has 1 aromatic carbocycles. The molecule has 0 amide bonds. The summed E-state index contributed by atoms with van der Waals surface area (Å²) in [5.41, 5.74) is 4.74. The molecule has 0 aliphatic carbocycles. The zero-order valence-electron chi connectivity index (χ0n) is 12.9. The van der Waals surface area contributed by atoms with Crippen molar-refractivity contribution >= 4 is 0 Å². The zero-order valence-corrected chi connectivity index (χ0v) is 12.9. The lowest BCUT2D eigenvalue weighted by atomic mass is 10.1. The fourth-order valence-corrected chi connectivity index (χ4v) is 2.63. The molecule has 5 heteroatoms. The van der Waals surface area contributed by atoms with Gasteiger partial charge in [0.1, 0.15) is 0 Å². The highest BCUT2D eigenvalue weighted by Gasteiger charge is 2.19. The summed E-state index contributed by atoms with van der Waals surface area (Å²) in [7, 11) is 1.97. The van der Waals surface area contributed by atoms with Crippen LogP contribution in [0.2, 0.25) is 0 Å². The van der Waals surface area contributed by atoms with Gasteiger partial charge in [-0.05, 0) is 51.1 Å². The zero-order chi connectivity index (χ0) is 15.0. The number of benzene rings is 1. The standard InChI is InChI=1S/C16H21N3O2/c1-10-11(2)18-19(12(10)3)8-14(17-4)13-5-6-15-16(7-13)21-9-20-15/h5-7,14,17H,8-9H2,1-4H3. The van der Waals surface area contributed by atoms with E-state index in [2.05, 4.69) is 35.0 Å². The van der Waals surface area contributed by atoms with E-state index in [9.17, 15) is 0 Å². The first-order valence-electron chi connectivity index (χ1n) is 7.17. The van der Waals surface area contributed by atoms with E-state index in [0.717, 1.165) is 23.7 Å². The third-order valence-corrected chi connectivity index (χ3v) is 4.25. The number of fused-ring (bicyclic) bond motifs is 1. The summed E-state index contributed by atoms with van der Waals surface area (Å²) in [6.07, 6.45) is 0. The molecule has 5 nitrogen and oxygen atoms in total. The van der Waals surface area contributed by atoms with Crippen molar-refractivity contribution in [3.8, 4) is 11.5 Å². The first-order chi connectivity index (χ1) is 10.1. The number of nitrogens with one attached hydrogen (secondary N) is 1. The fourth-order valence-electron chi connectivity index (χ4n) is 2.63. The van der Waals surface area contributed by atoms with Gasteiger partial charge < -0.3 is 14.8 Å². The minimum Gasteiger partial charge on any atom is -0.454 e. The van der Waals surface area contributed by atoms with E-state index in [1.807, 2.05) is 26.1 Å². The molecule has 2 heterocycles. The van der Waals surface area contributed by atoms with Gasteiger partial charge in [0, 0.05) is 5.69 Å². The largest absolute Gasteiger partial charge is 0.454 e. The van der Waals surface area contributed by atoms with Gasteiger partial charge in [0.05, 0.1) is 18.3 Å². The van der Waals surface area contributed by atoms with Crippen LogP contribution in [-0.2, 0) is 6.54 Å². The number of hydrogen-bond acceptors (Lipinski definition) is 4. The molecule has 1 aliphatic rings. The summed E-state index contributed by atoms with van der Waals surface area (Å²) in [5.74, 6) is 1.63. The number of nitrogens with zero attached hydrogens (tertiary/aromatic N) is 2. The third-order valence-electron chi connectivity index (χ3n) is 4.25. The van der Waals surface area contributed by atoms with Crippen molar-refractivity contribution in [2.24, 2.45) is 0 Å². The van der Waals surface area contributed by atoms with Gasteiger partial charge in [-0.15, -0.1) is 0 Å². The molecule has 2 aromatic rings. The molecule has 0 fully saturated rings. The molecule has 21 heavy (non-hydrogen) atoms. The number of ether oxygens (including phenoxy) is 2. The molecule has 112 valence electrons. The average molecular weight is 287 g/mol. The highest BCUT2D eigenvalue weighted by Crippen LogP contribution is 2.34. The van der Waals surface area contributed by atoms with E-state index in [4.69, 9.17) is 9.47 Å². The maximum absolute atomic E-state index is 5.46. The monoisotopic (exact) mass is 287 g/mol. The molecule has 1 atom stereocenters. The second-order valence-corrected chi connectivity index (χ2v) is 5.43. The van der Waals surface area contributed by atoms with Crippen molar-refractivity contribution in [2.75, 3.05) is 13.8 Å². The molecule has 0 saturated carbocycles. The van der Waals surface area contributed by atoms with Crippen molar-refractivity contribution < 1.29 is 9.47 Å². The Hall–Kier alpha value is -2.01. The molecule has 1 unspecified atom stereocenters. The molecule has 0 saturated heterocycles. The maximum atomic E-state index is 5.46. The molecule has 3 rings (SSSR count). The Morgan fingerprint density at radius 3 is 2.67 bits per heavy atom. The number of hydrogen-bond donors (Lipinski definition) is 1. The van der Waals surface area contributed by atoms with Crippen molar-refractivity contribution in [3.05, 3.63) is 40.7 Å². The van der Waals surface area contributed by atoms with Crippen molar-refractivity contribution in [1.29, 1.82) is 0 Å². The smallest absolute Gasteiger partial charge is 0.231 e. The van der Waals surface area contributed by atoms with Gasteiger partial charge in [0.2, 0.25) is 6.79 Å². The lowest BCUT2D eigenvalue weighted by Crippen LogP contribution is -2.23. The quantitative estimate of drug-likeness (QED) is 0.938. The maximum Gasteiger partial charge on any atom is 0.231 e. The van der Waals surface area contributed by atoms with Gasteiger partial charge in [-0.1, -0.05) is 6.07 Å². The van der Waals surface area contributed by atoms with Crippen LogP contribution in [0.5, 0.6) is 11.5 Å². The van der Waals surface area contributed by atoms with Crippen LogP contribution in [0.15, 0.2) is 18.2 Å². The first-order valence-corrected chi connectivity index (χ1v) is 7.17. The van der Waals surface area contributed by atoms with Gasteiger partial charge in [-0.2, -0.15) is 5.10 Å². The molecule has 0 spiro atoms. The molecule has 0 radical (unpaired) electrons. The lowest BCUT2D eigenvalue weighted by molar-refractivity contribution is 0.174. The number of aromatic nitrogens is 2. The van der Waals surface area contributed by atoms with Gasteiger partial charge >= 0.3 is 0 Å². The van der Waals surface area contributed by atoms with Gasteiger partial charge in [0.15, 0.2) is 11.5 Å². The molecule has 1 aromatic heterocycles. The SMILES string of the molecule is CNC(Cn1nc(C)c(C)c1C)c1ccc2c(c1)OCO2. The Bertz CT molecular complexity index is 664. The van der Waals surface area contributed by atoms with E-state index >= 15 is 0 Å². The predicted octanol–water partition coefficient (Wildman–Crippen LogP) is 2.50. The normalized spacial score (nSPS) is 14.5. The van der Waals surface area contributed by atoms with Crippen LogP contribution < -0.4 is 14.8 Å². The molecule has 1 N–H and O–H groups in total. The Morgan fingerprint density at radius 2 is 2.00 bits per heavy atom. The second-order valence-electron chi connectivity index (χ2n) is 5.43. The van der Waals surface area contributed by atoms with Crippen LogP contribution in [0.1, 0.15) is 28.6 Å². The third kappa shape index (κ3) is 2.49. The minimum atomic E-state index is 0.178. The Labute approximate surface area is 124 Å². The summed E-state index contributed by atoms with van der Waals surface area (Å²) in [6, 6.07) is 6.26. The van der Waals surface area contributed by atoms with Gasteiger partial charge in [-0.25, -0.2) is 0 Å². The summed E-state index contributed by atoms with van der Waals surface area (Å²) in [5, 5.41) is 7.97. The first kappa shape index (κ1) is 13.9. The summed E-state index contributed by atoms with van der Waals surface area (Å²) in [4.78, 5) is 0. The summed E-state index contributed by atoms with van der Waals surface area (Å²) >= 11 is 0. The fraction of sp³-hybridized carbons (Fsp3) is 0.438. The number of aryl methyl sites for hydroxylation is 1. The van der Waals surface area contributed by atoms with Crippen molar-refractivity contribution in [1.82, 2.24) is 15.1 Å². The van der Waals surface area contributed by atoms with E-state index < -0.39 is 0 Å². The topological polar surface area (TPSA) is 48.3 Å². The molecular weight excluding hydrogens is 266 g/mol. The lowest BCUT2D eigenvalue weighted by Gasteiger charge is -2.18. The van der Waals surface area contributed by atoms with Crippen molar-refractivity contribution in [2.45, 2.75) is 33.4 Å². The molecule has 0 bridgehead atoms. The van der Waals surface area contributed by atoms with Crippen LogP contribution >= 0.6 is 0 Å². The van der Waals surface area contributed by atoms with E-state index in [0.29, 0.717) is 6.79 Å². The van der Waals surface area contributed by atoms with E-state index in [1.54, 1.807) is 0 Å². The van der Waals surface area contributed by atoms with E-state index in [-0.39, 0.29) is 6.04 Å². The summed E-state index contributed by atoms with van der Waals surface area (Å²) < 4.78 is 12.9. The average Bonchev–Trinajstić information content (AvgIpc) is 3.05.